The molecule has 2 aromatic carbocycles. The molecular formula is C19H17ClN2OS. The molecule has 0 amide bonds. The van der Waals surface area contributed by atoms with Gasteiger partial charge in [-0.15, -0.1) is 0 Å². The van der Waals surface area contributed by atoms with E-state index in [9.17, 15) is 0 Å². The first-order chi connectivity index (χ1) is 11.7. The van der Waals surface area contributed by atoms with Gasteiger partial charge in [0.2, 0.25) is 0 Å². The molecule has 0 fully saturated rings. The van der Waals surface area contributed by atoms with E-state index in [4.69, 9.17) is 21.3 Å². The van der Waals surface area contributed by atoms with Gasteiger partial charge in [0.25, 0.3) is 0 Å². The summed E-state index contributed by atoms with van der Waals surface area (Å²) in [6, 6.07) is 14.1. The van der Waals surface area contributed by atoms with E-state index in [1.54, 1.807) is 11.3 Å². The van der Waals surface area contributed by atoms with Crippen LogP contribution in [0.3, 0.4) is 0 Å². The van der Waals surface area contributed by atoms with Crippen LogP contribution in [0.25, 0.3) is 26.4 Å². The number of aryl methyl sites for hydroxylation is 1. The number of halogens is 1. The molecule has 2 aromatic heterocycles. The average Bonchev–Trinajstić information content (AvgIpc) is 3.10. The first kappa shape index (κ1) is 15.5. The van der Waals surface area contributed by atoms with Crippen LogP contribution in [-0.4, -0.2) is 16.0 Å². The minimum Gasteiger partial charge on any atom is -0.494 e. The fourth-order valence-electron chi connectivity index (χ4n) is 2.88. The Kier molecular flexibility index (Phi) is 3.94. The van der Waals surface area contributed by atoms with E-state index in [1.807, 2.05) is 30.3 Å². The standard InChI is InChI=1S/C19H17ClN2OS/c1-3-10-23-15-8-9-16-17(11-15)24-19-21-18(12(2)22(16)19)13-4-6-14(20)7-5-13/h4-9,11H,3,10H2,1-2H3. The zero-order valence-electron chi connectivity index (χ0n) is 13.5. The Balaban J connectivity index is 1.83. The highest BCUT2D eigenvalue weighted by Crippen LogP contribution is 2.34. The predicted octanol–water partition coefficient (Wildman–Crippen LogP) is 5.97. The van der Waals surface area contributed by atoms with Gasteiger partial charge in [-0.2, -0.15) is 0 Å². The number of hydrogen-bond donors (Lipinski definition) is 0. The molecule has 122 valence electrons. The first-order valence-corrected chi connectivity index (χ1v) is 9.17. The molecule has 0 saturated heterocycles. The van der Waals surface area contributed by atoms with E-state index in [1.165, 1.54) is 10.2 Å². The number of imidazole rings is 1. The summed E-state index contributed by atoms with van der Waals surface area (Å²) in [5.41, 5.74) is 4.40. The van der Waals surface area contributed by atoms with Crippen LogP contribution in [-0.2, 0) is 0 Å². The molecule has 5 heteroatoms. The van der Waals surface area contributed by atoms with Crippen molar-refractivity contribution in [3.63, 3.8) is 0 Å². The van der Waals surface area contributed by atoms with Crippen molar-refractivity contribution in [1.29, 1.82) is 0 Å². The van der Waals surface area contributed by atoms with Gasteiger partial charge in [-0.05, 0) is 43.7 Å². The van der Waals surface area contributed by atoms with Crippen molar-refractivity contribution in [3.8, 4) is 17.0 Å². The van der Waals surface area contributed by atoms with Crippen LogP contribution in [0.1, 0.15) is 19.0 Å². The van der Waals surface area contributed by atoms with Crippen LogP contribution in [0.2, 0.25) is 5.02 Å². The molecule has 0 saturated carbocycles. The van der Waals surface area contributed by atoms with E-state index < -0.39 is 0 Å². The summed E-state index contributed by atoms with van der Waals surface area (Å²) in [6.07, 6.45) is 1.01. The Morgan fingerprint density at radius 3 is 2.71 bits per heavy atom. The topological polar surface area (TPSA) is 26.5 Å². The third-order valence-corrected chi connectivity index (χ3v) is 5.30. The van der Waals surface area contributed by atoms with Crippen molar-refractivity contribution in [2.75, 3.05) is 6.61 Å². The number of benzene rings is 2. The number of nitrogens with zero attached hydrogens (tertiary/aromatic N) is 2. The van der Waals surface area contributed by atoms with E-state index in [-0.39, 0.29) is 0 Å². The second-order valence-electron chi connectivity index (χ2n) is 5.75. The summed E-state index contributed by atoms with van der Waals surface area (Å²) < 4.78 is 9.14. The quantitative estimate of drug-likeness (QED) is 0.450. The van der Waals surface area contributed by atoms with Gasteiger partial charge in [0.05, 0.1) is 22.5 Å². The van der Waals surface area contributed by atoms with Crippen molar-refractivity contribution in [3.05, 3.63) is 53.2 Å². The minimum atomic E-state index is 0.738. The molecule has 0 spiro atoms. The van der Waals surface area contributed by atoms with E-state index in [2.05, 4.69) is 30.4 Å². The lowest BCUT2D eigenvalue weighted by Crippen LogP contribution is -1.94. The van der Waals surface area contributed by atoms with Crippen LogP contribution in [0.15, 0.2) is 42.5 Å². The van der Waals surface area contributed by atoms with Gasteiger partial charge in [0.15, 0.2) is 4.96 Å². The third kappa shape index (κ3) is 2.56. The second-order valence-corrected chi connectivity index (χ2v) is 7.20. The van der Waals surface area contributed by atoms with Crippen LogP contribution in [0.4, 0.5) is 0 Å². The molecule has 3 nitrogen and oxygen atoms in total. The van der Waals surface area contributed by atoms with Gasteiger partial charge < -0.3 is 4.74 Å². The van der Waals surface area contributed by atoms with Crippen molar-refractivity contribution in [2.45, 2.75) is 20.3 Å². The Morgan fingerprint density at radius 2 is 1.96 bits per heavy atom. The predicted molar refractivity (Wildman–Crippen MR) is 102 cm³/mol. The Bertz CT molecular complexity index is 1020. The summed E-state index contributed by atoms with van der Waals surface area (Å²) in [4.78, 5) is 5.84. The summed E-state index contributed by atoms with van der Waals surface area (Å²) in [6.45, 7) is 4.96. The number of fused-ring (bicyclic) bond motifs is 3. The van der Waals surface area contributed by atoms with Crippen molar-refractivity contribution in [1.82, 2.24) is 9.38 Å². The van der Waals surface area contributed by atoms with Gasteiger partial charge in [0, 0.05) is 16.3 Å². The maximum absolute atomic E-state index is 5.99. The first-order valence-electron chi connectivity index (χ1n) is 7.97. The summed E-state index contributed by atoms with van der Waals surface area (Å²) in [7, 11) is 0. The monoisotopic (exact) mass is 356 g/mol. The van der Waals surface area contributed by atoms with Crippen LogP contribution in [0.5, 0.6) is 5.75 Å². The third-order valence-electron chi connectivity index (χ3n) is 4.04. The molecule has 0 atom stereocenters. The highest BCUT2D eigenvalue weighted by atomic mass is 35.5. The highest BCUT2D eigenvalue weighted by molar-refractivity contribution is 7.23. The largest absolute Gasteiger partial charge is 0.494 e. The van der Waals surface area contributed by atoms with Crippen molar-refractivity contribution in [2.24, 2.45) is 0 Å². The highest BCUT2D eigenvalue weighted by Gasteiger charge is 2.15. The lowest BCUT2D eigenvalue weighted by molar-refractivity contribution is 0.318. The molecule has 2 heterocycles. The number of hydrogen-bond acceptors (Lipinski definition) is 3. The van der Waals surface area contributed by atoms with Crippen molar-refractivity contribution >= 4 is 38.1 Å². The van der Waals surface area contributed by atoms with Crippen LogP contribution in [0, 0.1) is 6.92 Å². The second kappa shape index (κ2) is 6.11. The Morgan fingerprint density at radius 1 is 1.17 bits per heavy atom. The van der Waals surface area contributed by atoms with Crippen LogP contribution >= 0.6 is 22.9 Å². The molecule has 0 bridgehead atoms. The number of ether oxygens (including phenoxy) is 1. The molecular weight excluding hydrogens is 340 g/mol. The fourth-order valence-corrected chi connectivity index (χ4v) is 4.10. The molecule has 4 rings (SSSR count). The molecule has 0 aliphatic heterocycles. The lowest BCUT2D eigenvalue weighted by Gasteiger charge is -2.04. The molecule has 0 aliphatic carbocycles. The normalized spacial score (nSPS) is 11.5. The molecule has 0 unspecified atom stereocenters. The molecule has 0 radical (unpaired) electrons. The van der Waals surface area contributed by atoms with E-state index >= 15 is 0 Å². The molecule has 4 aromatic rings. The maximum atomic E-state index is 5.99. The number of thiazole rings is 1. The van der Waals surface area contributed by atoms with Crippen molar-refractivity contribution < 1.29 is 4.74 Å². The Hall–Kier alpha value is -2.04. The zero-order chi connectivity index (χ0) is 16.7. The lowest BCUT2D eigenvalue weighted by atomic mass is 10.1. The molecule has 0 N–H and O–H groups in total. The zero-order valence-corrected chi connectivity index (χ0v) is 15.1. The van der Waals surface area contributed by atoms with Gasteiger partial charge >= 0.3 is 0 Å². The number of rotatable bonds is 4. The SMILES string of the molecule is CCCOc1ccc2c(c1)sc1nc(-c3ccc(Cl)cc3)c(C)n12. The summed E-state index contributed by atoms with van der Waals surface area (Å²) in [5, 5.41) is 0.738. The minimum absolute atomic E-state index is 0.738. The smallest absolute Gasteiger partial charge is 0.195 e. The summed E-state index contributed by atoms with van der Waals surface area (Å²) in [5.74, 6) is 0.921. The van der Waals surface area contributed by atoms with Gasteiger partial charge in [0.1, 0.15) is 5.75 Å². The van der Waals surface area contributed by atoms with Gasteiger partial charge in [-0.3, -0.25) is 4.40 Å². The van der Waals surface area contributed by atoms with E-state index in [0.29, 0.717) is 0 Å². The number of aromatic nitrogens is 2. The fraction of sp³-hybridized carbons (Fsp3) is 0.211. The van der Waals surface area contributed by atoms with Gasteiger partial charge in [-0.25, -0.2) is 4.98 Å². The van der Waals surface area contributed by atoms with Gasteiger partial charge in [-0.1, -0.05) is 42.0 Å². The van der Waals surface area contributed by atoms with Crippen LogP contribution < -0.4 is 4.74 Å². The van der Waals surface area contributed by atoms with E-state index in [0.717, 1.165) is 45.7 Å². The summed E-state index contributed by atoms with van der Waals surface area (Å²) >= 11 is 7.68. The Labute approximate surface area is 149 Å². The molecule has 24 heavy (non-hydrogen) atoms. The average molecular weight is 357 g/mol. The molecule has 0 aliphatic rings. The maximum Gasteiger partial charge on any atom is 0.195 e.